The minimum Gasteiger partial charge on any atom is -0.494 e. The SMILES string of the molecule is CCOc1ccc(NC(=S)Nc2ccc3nc(-c4ccc[nH]4)c(-c4ccc[nH]4)nc3c2)cc1. The van der Waals surface area contributed by atoms with Gasteiger partial charge < -0.3 is 25.3 Å². The lowest BCUT2D eigenvalue weighted by Gasteiger charge is -2.13. The van der Waals surface area contributed by atoms with E-state index in [4.69, 9.17) is 26.9 Å². The first-order valence-corrected chi connectivity index (χ1v) is 11.0. The van der Waals surface area contributed by atoms with Gasteiger partial charge in [-0.2, -0.15) is 0 Å². The molecule has 0 aliphatic heterocycles. The fraction of sp³-hybridized carbons (Fsp3) is 0.0800. The number of fused-ring (bicyclic) bond motifs is 1. The lowest BCUT2D eigenvalue weighted by molar-refractivity contribution is 0.340. The summed E-state index contributed by atoms with van der Waals surface area (Å²) in [5.41, 5.74) is 6.66. The van der Waals surface area contributed by atoms with E-state index in [9.17, 15) is 0 Å². The monoisotopic (exact) mass is 454 g/mol. The molecular weight excluding hydrogens is 432 g/mol. The van der Waals surface area contributed by atoms with Crippen molar-refractivity contribution in [3.8, 4) is 28.5 Å². The van der Waals surface area contributed by atoms with Crippen LogP contribution in [-0.4, -0.2) is 31.7 Å². The highest BCUT2D eigenvalue weighted by molar-refractivity contribution is 7.80. The van der Waals surface area contributed by atoms with Crippen LogP contribution in [0.5, 0.6) is 5.75 Å². The van der Waals surface area contributed by atoms with Crippen LogP contribution >= 0.6 is 12.2 Å². The molecule has 33 heavy (non-hydrogen) atoms. The Balaban J connectivity index is 1.41. The molecule has 0 bridgehead atoms. The summed E-state index contributed by atoms with van der Waals surface area (Å²) in [4.78, 5) is 16.3. The number of nitrogens with zero attached hydrogens (tertiary/aromatic N) is 2. The largest absolute Gasteiger partial charge is 0.494 e. The molecule has 5 aromatic rings. The summed E-state index contributed by atoms with van der Waals surface area (Å²) in [6.07, 6.45) is 3.76. The van der Waals surface area contributed by atoms with Crippen LogP contribution in [0.25, 0.3) is 33.8 Å². The number of nitrogens with one attached hydrogen (secondary N) is 4. The summed E-state index contributed by atoms with van der Waals surface area (Å²) in [6, 6.07) is 21.4. The number of aromatic nitrogens is 4. The number of benzene rings is 2. The standard InChI is InChI=1S/C25H22N6OS/c1-2-32-18-10-7-16(8-11-18)28-25(33)29-17-9-12-19-22(15-17)31-24(21-6-4-14-27-21)23(30-19)20-5-3-13-26-20/h3-15,26-27H,2H2,1H3,(H2,28,29,33). The summed E-state index contributed by atoms with van der Waals surface area (Å²) in [7, 11) is 0. The molecule has 0 radical (unpaired) electrons. The molecular formula is C25H22N6OS. The number of H-pyrrole nitrogens is 2. The highest BCUT2D eigenvalue weighted by Gasteiger charge is 2.15. The van der Waals surface area contributed by atoms with Crippen LogP contribution < -0.4 is 15.4 Å². The summed E-state index contributed by atoms with van der Waals surface area (Å²) >= 11 is 5.49. The first-order valence-electron chi connectivity index (χ1n) is 10.6. The second-order valence-electron chi connectivity index (χ2n) is 7.33. The molecule has 164 valence electrons. The molecule has 0 fully saturated rings. The van der Waals surface area contributed by atoms with E-state index >= 15 is 0 Å². The average molecular weight is 455 g/mol. The summed E-state index contributed by atoms with van der Waals surface area (Å²) in [5, 5.41) is 6.90. The van der Waals surface area contributed by atoms with Gasteiger partial charge >= 0.3 is 0 Å². The van der Waals surface area contributed by atoms with Crippen LogP contribution in [-0.2, 0) is 0 Å². The minimum absolute atomic E-state index is 0.485. The van der Waals surface area contributed by atoms with Gasteiger partial charge in [0.1, 0.15) is 17.1 Å². The van der Waals surface area contributed by atoms with Crippen molar-refractivity contribution in [2.75, 3.05) is 17.2 Å². The Morgan fingerprint density at radius 2 is 1.42 bits per heavy atom. The van der Waals surface area contributed by atoms with Gasteiger partial charge in [-0.25, -0.2) is 9.97 Å². The van der Waals surface area contributed by atoms with Crippen LogP contribution in [0.2, 0.25) is 0 Å². The van der Waals surface area contributed by atoms with E-state index in [1.165, 1.54) is 0 Å². The number of anilines is 2. The van der Waals surface area contributed by atoms with Gasteiger partial charge in [-0.1, -0.05) is 0 Å². The minimum atomic E-state index is 0.485. The van der Waals surface area contributed by atoms with Crippen LogP contribution in [0.15, 0.2) is 79.1 Å². The average Bonchev–Trinajstić information content (AvgIpc) is 3.54. The van der Waals surface area contributed by atoms with Crippen molar-refractivity contribution in [3.05, 3.63) is 79.1 Å². The van der Waals surface area contributed by atoms with Gasteiger partial charge in [0, 0.05) is 23.8 Å². The first kappa shape index (κ1) is 20.7. The van der Waals surface area contributed by atoms with E-state index < -0.39 is 0 Å². The Bertz CT molecular complexity index is 1380. The highest BCUT2D eigenvalue weighted by Crippen LogP contribution is 2.30. The van der Waals surface area contributed by atoms with Gasteiger partial charge in [-0.3, -0.25) is 0 Å². The Morgan fingerprint density at radius 3 is 2.03 bits per heavy atom. The molecule has 8 heteroatoms. The molecule has 3 heterocycles. The second kappa shape index (κ2) is 9.13. The molecule has 0 atom stereocenters. The Hall–Kier alpha value is -4.17. The number of aromatic amines is 2. The third-order valence-electron chi connectivity index (χ3n) is 5.05. The van der Waals surface area contributed by atoms with E-state index in [1.54, 1.807) is 0 Å². The molecule has 0 aliphatic rings. The molecule has 7 nitrogen and oxygen atoms in total. The Kier molecular flexibility index (Phi) is 5.73. The lowest BCUT2D eigenvalue weighted by atomic mass is 10.1. The Labute approximate surface area is 196 Å². The highest BCUT2D eigenvalue weighted by atomic mass is 32.1. The van der Waals surface area contributed by atoms with Crippen LogP contribution in [0.1, 0.15) is 6.92 Å². The maximum Gasteiger partial charge on any atom is 0.175 e. The second-order valence-corrected chi connectivity index (χ2v) is 7.74. The maximum atomic E-state index is 5.49. The zero-order chi connectivity index (χ0) is 22.6. The summed E-state index contributed by atoms with van der Waals surface area (Å²) in [6.45, 7) is 2.59. The molecule has 0 amide bonds. The quantitative estimate of drug-likeness (QED) is 0.241. The number of hydrogen-bond donors (Lipinski definition) is 4. The third-order valence-corrected chi connectivity index (χ3v) is 5.26. The summed E-state index contributed by atoms with van der Waals surface area (Å²) in [5.74, 6) is 0.826. The van der Waals surface area contributed by atoms with Crippen molar-refractivity contribution >= 4 is 39.7 Å². The smallest absolute Gasteiger partial charge is 0.175 e. The van der Waals surface area contributed by atoms with Crippen LogP contribution in [0.4, 0.5) is 11.4 Å². The van der Waals surface area contributed by atoms with Crippen molar-refractivity contribution in [1.82, 2.24) is 19.9 Å². The molecule has 0 saturated carbocycles. The predicted molar refractivity (Wildman–Crippen MR) is 137 cm³/mol. The van der Waals surface area contributed by atoms with Gasteiger partial charge in [0.25, 0.3) is 0 Å². The number of rotatable bonds is 6. The lowest BCUT2D eigenvalue weighted by Crippen LogP contribution is -2.19. The van der Waals surface area contributed by atoms with Gasteiger partial charge in [0.05, 0.1) is 29.0 Å². The van der Waals surface area contributed by atoms with Gasteiger partial charge in [0.2, 0.25) is 0 Å². The van der Waals surface area contributed by atoms with E-state index in [-0.39, 0.29) is 0 Å². The normalized spacial score (nSPS) is 10.8. The molecule has 0 unspecified atom stereocenters. The maximum absolute atomic E-state index is 5.49. The van der Waals surface area contributed by atoms with Gasteiger partial charge in [-0.15, -0.1) is 0 Å². The fourth-order valence-corrected chi connectivity index (χ4v) is 3.79. The van der Waals surface area contributed by atoms with E-state index in [1.807, 2.05) is 86.0 Å². The Morgan fingerprint density at radius 1 is 0.818 bits per heavy atom. The third kappa shape index (κ3) is 4.56. The molecule has 2 aromatic carbocycles. The van der Waals surface area contributed by atoms with E-state index in [0.29, 0.717) is 11.7 Å². The molecule has 0 spiro atoms. The number of thiocarbonyl (C=S) groups is 1. The van der Waals surface area contributed by atoms with Crippen LogP contribution in [0, 0.1) is 0 Å². The molecule has 4 N–H and O–H groups in total. The van der Waals surface area contributed by atoms with Gasteiger partial charge in [0.15, 0.2) is 5.11 Å². The molecule has 3 aromatic heterocycles. The number of hydrogen-bond acceptors (Lipinski definition) is 4. The zero-order valence-corrected chi connectivity index (χ0v) is 18.7. The van der Waals surface area contributed by atoms with Crippen molar-refractivity contribution in [2.24, 2.45) is 0 Å². The fourth-order valence-electron chi connectivity index (χ4n) is 3.56. The van der Waals surface area contributed by atoms with Crippen molar-refractivity contribution < 1.29 is 4.74 Å². The van der Waals surface area contributed by atoms with E-state index in [2.05, 4.69) is 20.6 Å². The van der Waals surface area contributed by atoms with Crippen LogP contribution in [0.3, 0.4) is 0 Å². The van der Waals surface area contributed by atoms with Crippen molar-refractivity contribution in [2.45, 2.75) is 6.92 Å². The zero-order valence-electron chi connectivity index (χ0n) is 17.9. The topological polar surface area (TPSA) is 90.6 Å². The van der Waals surface area contributed by atoms with Crippen molar-refractivity contribution in [3.63, 3.8) is 0 Å². The van der Waals surface area contributed by atoms with E-state index in [0.717, 1.165) is 50.9 Å². The van der Waals surface area contributed by atoms with Crippen molar-refractivity contribution in [1.29, 1.82) is 0 Å². The number of ether oxygens (including phenoxy) is 1. The predicted octanol–water partition coefficient (Wildman–Crippen LogP) is 5.83. The van der Waals surface area contributed by atoms with Gasteiger partial charge in [-0.05, 0) is 85.9 Å². The first-order chi connectivity index (χ1) is 16.2. The molecule has 5 rings (SSSR count). The molecule has 0 saturated heterocycles. The summed E-state index contributed by atoms with van der Waals surface area (Å²) < 4.78 is 5.48. The molecule has 0 aliphatic carbocycles.